The van der Waals surface area contributed by atoms with Crippen LogP contribution in [0.25, 0.3) is 0 Å². The molecule has 0 unspecified atom stereocenters. The van der Waals surface area contributed by atoms with Crippen molar-refractivity contribution in [3.63, 3.8) is 0 Å². The number of amides is 1. The highest BCUT2D eigenvalue weighted by atomic mass is 16.5. The number of benzene rings is 1. The standard InChI is InChI=1S/C17H23NO4/c1-11(2)5-7-22-15-9-13-14(16(20-4)12(15)3)10-21-8-6-18-17(13)19/h5,9H,6-8,10H2,1-4H3,(H,18,19). The normalized spacial score (nSPS) is 14.3. The highest BCUT2D eigenvalue weighted by Gasteiger charge is 2.22. The van der Waals surface area contributed by atoms with Crippen LogP contribution in [0.2, 0.25) is 0 Å². The number of allylic oxidation sites excluding steroid dienone is 1. The molecule has 1 aromatic carbocycles. The predicted octanol–water partition coefficient (Wildman–Crippen LogP) is 2.61. The molecular weight excluding hydrogens is 282 g/mol. The van der Waals surface area contributed by atoms with E-state index in [1.54, 1.807) is 13.2 Å². The SMILES string of the molecule is COc1c(C)c(OCC=C(C)C)cc2c1COCCNC2=O. The molecule has 0 saturated carbocycles. The first kappa shape index (κ1) is 16.4. The van der Waals surface area contributed by atoms with Gasteiger partial charge in [-0.2, -0.15) is 0 Å². The Hall–Kier alpha value is -2.01. The second-order valence-electron chi connectivity index (χ2n) is 5.46. The van der Waals surface area contributed by atoms with Crippen LogP contribution in [0.15, 0.2) is 17.7 Å². The van der Waals surface area contributed by atoms with Gasteiger partial charge in [-0.05, 0) is 32.9 Å². The molecule has 0 aromatic heterocycles. The molecule has 0 atom stereocenters. The van der Waals surface area contributed by atoms with E-state index < -0.39 is 0 Å². The molecule has 120 valence electrons. The summed E-state index contributed by atoms with van der Waals surface area (Å²) in [5.41, 5.74) is 3.38. The molecule has 0 aliphatic carbocycles. The smallest absolute Gasteiger partial charge is 0.252 e. The third-order valence-electron chi connectivity index (χ3n) is 3.54. The summed E-state index contributed by atoms with van der Waals surface area (Å²) < 4.78 is 16.9. The lowest BCUT2D eigenvalue weighted by atomic mass is 10.0. The summed E-state index contributed by atoms with van der Waals surface area (Å²) in [4.78, 5) is 12.3. The summed E-state index contributed by atoms with van der Waals surface area (Å²) in [6, 6.07) is 1.77. The van der Waals surface area contributed by atoms with Crippen LogP contribution >= 0.6 is 0 Å². The predicted molar refractivity (Wildman–Crippen MR) is 84.6 cm³/mol. The highest BCUT2D eigenvalue weighted by molar-refractivity contribution is 5.97. The van der Waals surface area contributed by atoms with Gasteiger partial charge in [0.1, 0.15) is 18.1 Å². The summed E-state index contributed by atoms with van der Waals surface area (Å²) in [6.07, 6.45) is 1.99. The summed E-state index contributed by atoms with van der Waals surface area (Å²) in [6.45, 7) is 7.77. The van der Waals surface area contributed by atoms with Crippen LogP contribution in [0.4, 0.5) is 0 Å². The number of fused-ring (bicyclic) bond motifs is 1. The molecule has 1 aliphatic rings. The molecule has 0 spiro atoms. The Morgan fingerprint density at radius 1 is 1.45 bits per heavy atom. The van der Waals surface area contributed by atoms with Crippen molar-refractivity contribution in [2.75, 3.05) is 26.9 Å². The van der Waals surface area contributed by atoms with E-state index in [1.165, 1.54) is 5.57 Å². The van der Waals surface area contributed by atoms with Crippen LogP contribution in [0.3, 0.4) is 0 Å². The third-order valence-corrected chi connectivity index (χ3v) is 3.54. The minimum absolute atomic E-state index is 0.122. The summed E-state index contributed by atoms with van der Waals surface area (Å²) >= 11 is 0. The Balaban J connectivity index is 2.43. The molecule has 5 heteroatoms. The first-order valence-electron chi connectivity index (χ1n) is 7.37. The van der Waals surface area contributed by atoms with E-state index in [9.17, 15) is 4.79 Å². The van der Waals surface area contributed by atoms with Crippen LogP contribution in [-0.4, -0.2) is 32.8 Å². The monoisotopic (exact) mass is 305 g/mol. The summed E-state index contributed by atoms with van der Waals surface area (Å²) in [5.74, 6) is 1.19. The molecule has 22 heavy (non-hydrogen) atoms. The van der Waals surface area contributed by atoms with Gasteiger partial charge in [0.15, 0.2) is 0 Å². The van der Waals surface area contributed by atoms with Gasteiger partial charge < -0.3 is 19.5 Å². The van der Waals surface area contributed by atoms with E-state index in [1.807, 2.05) is 26.8 Å². The molecule has 1 aliphatic heterocycles. The Morgan fingerprint density at radius 2 is 2.23 bits per heavy atom. The number of carbonyl (C=O) groups is 1. The van der Waals surface area contributed by atoms with Gasteiger partial charge in [0, 0.05) is 17.7 Å². The van der Waals surface area contributed by atoms with Gasteiger partial charge in [-0.25, -0.2) is 0 Å². The van der Waals surface area contributed by atoms with E-state index in [-0.39, 0.29) is 5.91 Å². The summed E-state index contributed by atoms with van der Waals surface area (Å²) in [5, 5.41) is 2.83. The molecule has 1 aromatic rings. The molecule has 0 bridgehead atoms. The van der Waals surface area contributed by atoms with Crippen molar-refractivity contribution in [3.05, 3.63) is 34.4 Å². The maximum Gasteiger partial charge on any atom is 0.252 e. The molecule has 2 rings (SSSR count). The van der Waals surface area contributed by atoms with Gasteiger partial charge in [0.2, 0.25) is 0 Å². The lowest BCUT2D eigenvalue weighted by molar-refractivity contribution is 0.0848. The lowest BCUT2D eigenvalue weighted by Crippen LogP contribution is -2.30. The van der Waals surface area contributed by atoms with E-state index in [0.29, 0.717) is 43.4 Å². The lowest BCUT2D eigenvalue weighted by Gasteiger charge is -2.21. The van der Waals surface area contributed by atoms with Crippen molar-refractivity contribution < 1.29 is 19.0 Å². The van der Waals surface area contributed by atoms with Crippen molar-refractivity contribution >= 4 is 5.91 Å². The largest absolute Gasteiger partial charge is 0.496 e. The fourth-order valence-electron chi connectivity index (χ4n) is 2.36. The first-order valence-corrected chi connectivity index (χ1v) is 7.37. The second-order valence-corrected chi connectivity index (χ2v) is 5.46. The molecule has 0 radical (unpaired) electrons. The first-order chi connectivity index (χ1) is 10.5. The average molecular weight is 305 g/mol. The number of hydrogen-bond donors (Lipinski definition) is 1. The molecule has 0 fully saturated rings. The minimum Gasteiger partial charge on any atom is -0.496 e. The van der Waals surface area contributed by atoms with Crippen LogP contribution < -0.4 is 14.8 Å². The molecule has 1 N–H and O–H groups in total. The van der Waals surface area contributed by atoms with Crippen LogP contribution in [0, 0.1) is 6.92 Å². The fraction of sp³-hybridized carbons (Fsp3) is 0.471. The number of carbonyl (C=O) groups excluding carboxylic acids is 1. The Morgan fingerprint density at radius 3 is 2.91 bits per heavy atom. The Kier molecular flexibility index (Phi) is 5.44. The van der Waals surface area contributed by atoms with E-state index in [4.69, 9.17) is 14.2 Å². The summed E-state index contributed by atoms with van der Waals surface area (Å²) in [7, 11) is 1.60. The average Bonchev–Trinajstić information content (AvgIpc) is 2.46. The molecule has 5 nitrogen and oxygen atoms in total. The maximum atomic E-state index is 12.3. The highest BCUT2D eigenvalue weighted by Crippen LogP contribution is 2.35. The Labute approximate surface area is 131 Å². The topological polar surface area (TPSA) is 56.8 Å². The number of methoxy groups -OCH3 is 1. The fourth-order valence-corrected chi connectivity index (χ4v) is 2.36. The molecular formula is C17H23NO4. The number of nitrogens with one attached hydrogen (secondary N) is 1. The van der Waals surface area contributed by atoms with E-state index in [2.05, 4.69) is 5.32 Å². The quantitative estimate of drug-likeness (QED) is 0.869. The van der Waals surface area contributed by atoms with Crippen LogP contribution in [0.5, 0.6) is 11.5 Å². The van der Waals surface area contributed by atoms with Gasteiger partial charge in [-0.15, -0.1) is 0 Å². The number of hydrogen-bond acceptors (Lipinski definition) is 4. The van der Waals surface area contributed by atoms with E-state index in [0.717, 1.165) is 11.1 Å². The van der Waals surface area contributed by atoms with Gasteiger partial charge in [-0.1, -0.05) is 5.57 Å². The molecule has 1 heterocycles. The number of ether oxygens (including phenoxy) is 3. The zero-order valence-electron chi connectivity index (χ0n) is 13.6. The zero-order chi connectivity index (χ0) is 16.1. The van der Waals surface area contributed by atoms with E-state index >= 15 is 0 Å². The zero-order valence-corrected chi connectivity index (χ0v) is 13.6. The van der Waals surface area contributed by atoms with Gasteiger partial charge >= 0.3 is 0 Å². The van der Waals surface area contributed by atoms with Crippen molar-refractivity contribution in [2.24, 2.45) is 0 Å². The van der Waals surface area contributed by atoms with Crippen molar-refractivity contribution in [1.29, 1.82) is 0 Å². The van der Waals surface area contributed by atoms with Crippen molar-refractivity contribution in [1.82, 2.24) is 5.32 Å². The number of rotatable bonds is 4. The van der Waals surface area contributed by atoms with Gasteiger partial charge in [0.25, 0.3) is 5.91 Å². The second kappa shape index (κ2) is 7.31. The Bertz CT molecular complexity index is 589. The van der Waals surface area contributed by atoms with Crippen molar-refractivity contribution in [2.45, 2.75) is 27.4 Å². The molecule has 0 saturated heterocycles. The van der Waals surface area contributed by atoms with Crippen LogP contribution in [0.1, 0.15) is 35.3 Å². The van der Waals surface area contributed by atoms with Gasteiger partial charge in [0.05, 0.1) is 25.9 Å². The molecule has 1 amide bonds. The third kappa shape index (κ3) is 3.60. The maximum absolute atomic E-state index is 12.3. The van der Waals surface area contributed by atoms with Crippen molar-refractivity contribution in [3.8, 4) is 11.5 Å². The van der Waals surface area contributed by atoms with Gasteiger partial charge in [-0.3, -0.25) is 4.79 Å². The van der Waals surface area contributed by atoms with Crippen LogP contribution in [-0.2, 0) is 11.3 Å². The minimum atomic E-state index is -0.122.